The molecule has 0 aromatic heterocycles. The van der Waals surface area contributed by atoms with E-state index in [2.05, 4.69) is 6.58 Å². The van der Waals surface area contributed by atoms with Crippen molar-refractivity contribution in [2.45, 2.75) is 0 Å². The first-order valence-corrected chi connectivity index (χ1v) is 6.93. The zero-order valence-corrected chi connectivity index (χ0v) is 12.2. The first-order valence-electron chi connectivity index (χ1n) is 6.93. The van der Waals surface area contributed by atoms with Gasteiger partial charge in [0.2, 0.25) is 0 Å². The number of hydrogen-bond acceptors (Lipinski definition) is 5. The molecule has 0 atom stereocenters. The quantitative estimate of drug-likeness (QED) is 0.460. The summed E-state index contributed by atoms with van der Waals surface area (Å²) in [5, 5.41) is 10.7. The number of hydrogen-bond donors (Lipinski definition) is 1. The van der Waals surface area contributed by atoms with Crippen molar-refractivity contribution in [3.05, 3.63) is 49.1 Å². The van der Waals surface area contributed by atoms with Gasteiger partial charge < -0.3 is 19.3 Å². The van der Waals surface area contributed by atoms with E-state index >= 15 is 0 Å². The lowest BCUT2D eigenvalue weighted by molar-refractivity contribution is -0.138. The SMILES string of the molecule is C=CC(=O)OCCOc1ccc2c(OCCO)cccc2c1. The zero-order chi connectivity index (χ0) is 15.8. The van der Waals surface area contributed by atoms with Crippen molar-refractivity contribution in [2.24, 2.45) is 0 Å². The van der Waals surface area contributed by atoms with Gasteiger partial charge in [-0.25, -0.2) is 4.79 Å². The Labute approximate surface area is 128 Å². The van der Waals surface area contributed by atoms with Crippen LogP contribution in [0.5, 0.6) is 11.5 Å². The number of fused-ring (bicyclic) bond motifs is 1. The summed E-state index contributed by atoms with van der Waals surface area (Å²) in [5.41, 5.74) is 0. The maximum Gasteiger partial charge on any atom is 0.330 e. The number of carbonyl (C=O) groups excluding carboxylic acids is 1. The van der Waals surface area contributed by atoms with Gasteiger partial charge in [-0.2, -0.15) is 0 Å². The molecule has 5 nitrogen and oxygen atoms in total. The monoisotopic (exact) mass is 302 g/mol. The average Bonchev–Trinajstić information content (AvgIpc) is 2.56. The topological polar surface area (TPSA) is 65.0 Å². The highest BCUT2D eigenvalue weighted by Gasteiger charge is 2.04. The van der Waals surface area contributed by atoms with Gasteiger partial charge >= 0.3 is 5.97 Å². The van der Waals surface area contributed by atoms with Gasteiger partial charge in [0, 0.05) is 11.5 Å². The molecule has 0 aliphatic heterocycles. The fourth-order valence-corrected chi connectivity index (χ4v) is 1.96. The molecule has 0 amide bonds. The Morgan fingerprint density at radius 3 is 2.77 bits per heavy atom. The average molecular weight is 302 g/mol. The summed E-state index contributed by atoms with van der Waals surface area (Å²) in [5.74, 6) is 0.937. The van der Waals surface area contributed by atoms with Crippen LogP contribution >= 0.6 is 0 Å². The number of rotatable bonds is 8. The third-order valence-electron chi connectivity index (χ3n) is 2.92. The molecule has 0 bridgehead atoms. The van der Waals surface area contributed by atoms with Gasteiger partial charge in [-0.3, -0.25) is 0 Å². The summed E-state index contributed by atoms with van der Waals surface area (Å²) in [6.45, 7) is 3.99. The number of benzene rings is 2. The molecule has 0 aliphatic rings. The van der Waals surface area contributed by atoms with Crippen molar-refractivity contribution in [2.75, 3.05) is 26.4 Å². The highest BCUT2D eigenvalue weighted by Crippen LogP contribution is 2.28. The predicted octanol–water partition coefficient (Wildman–Crippen LogP) is 2.32. The van der Waals surface area contributed by atoms with E-state index < -0.39 is 5.97 Å². The third-order valence-corrected chi connectivity index (χ3v) is 2.92. The Morgan fingerprint density at radius 1 is 1.14 bits per heavy atom. The first kappa shape index (κ1) is 15.9. The van der Waals surface area contributed by atoms with Gasteiger partial charge in [-0.15, -0.1) is 0 Å². The molecule has 116 valence electrons. The lowest BCUT2D eigenvalue weighted by Gasteiger charge is -2.10. The minimum atomic E-state index is -0.465. The molecule has 0 aliphatic carbocycles. The Morgan fingerprint density at radius 2 is 2.00 bits per heavy atom. The molecule has 0 saturated heterocycles. The second-order valence-corrected chi connectivity index (χ2v) is 4.43. The van der Waals surface area contributed by atoms with Gasteiger partial charge in [0.25, 0.3) is 0 Å². The largest absolute Gasteiger partial charge is 0.491 e. The van der Waals surface area contributed by atoms with Gasteiger partial charge in [0.15, 0.2) is 0 Å². The smallest absolute Gasteiger partial charge is 0.330 e. The van der Waals surface area contributed by atoms with Crippen LogP contribution < -0.4 is 9.47 Å². The predicted molar refractivity (Wildman–Crippen MR) is 83.2 cm³/mol. The molecule has 0 spiro atoms. The Balaban J connectivity index is 2.01. The molecular formula is C17H18O5. The van der Waals surface area contributed by atoms with Crippen molar-refractivity contribution >= 4 is 16.7 Å². The highest BCUT2D eigenvalue weighted by atomic mass is 16.6. The summed E-state index contributed by atoms with van der Waals surface area (Å²) >= 11 is 0. The Kier molecular flexibility index (Phi) is 5.80. The van der Waals surface area contributed by atoms with Crippen LogP contribution in [0.4, 0.5) is 0 Å². The molecule has 0 saturated carbocycles. The molecule has 2 rings (SSSR count). The van der Waals surface area contributed by atoms with E-state index in [0.29, 0.717) is 5.75 Å². The molecule has 0 radical (unpaired) electrons. The second kappa shape index (κ2) is 8.05. The van der Waals surface area contributed by atoms with Crippen molar-refractivity contribution < 1.29 is 24.1 Å². The van der Waals surface area contributed by atoms with Gasteiger partial charge in [0.1, 0.15) is 31.3 Å². The van der Waals surface area contributed by atoms with Crippen LogP contribution in [-0.4, -0.2) is 37.5 Å². The van der Waals surface area contributed by atoms with Crippen LogP contribution in [-0.2, 0) is 9.53 Å². The normalized spacial score (nSPS) is 10.2. The first-order chi connectivity index (χ1) is 10.7. The second-order valence-electron chi connectivity index (χ2n) is 4.43. The Hall–Kier alpha value is -2.53. The maximum atomic E-state index is 10.9. The van der Waals surface area contributed by atoms with E-state index in [1.807, 2.05) is 36.4 Å². The van der Waals surface area contributed by atoms with E-state index in [9.17, 15) is 4.79 Å². The summed E-state index contributed by atoms with van der Waals surface area (Å²) in [7, 11) is 0. The molecule has 2 aromatic rings. The lowest BCUT2D eigenvalue weighted by Crippen LogP contribution is -2.10. The fourth-order valence-electron chi connectivity index (χ4n) is 1.96. The van der Waals surface area contributed by atoms with E-state index in [4.69, 9.17) is 19.3 Å². The number of carbonyl (C=O) groups is 1. The van der Waals surface area contributed by atoms with Crippen LogP contribution in [0.2, 0.25) is 0 Å². The van der Waals surface area contributed by atoms with Crippen LogP contribution in [0, 0.1) is 0 Å². The van der Waals surface area contributed by atoms with Gasteiger partial charge in [0.05, 0.1) is 6.61 Å². The summed E-state index contributed by atoms with van der Waals surface area (Å²) < 4.78 is 15.9. The standard InChI is InChI=1S/C17H18O5/c1-2-17(19)22-11-10-20-14-6-7-15-13(12-14)4-3-5-16(15)21-9-8-18/h2-7,12,18H,1,8-11H2. The zero-order valence-electron chi connectivity index (χ0n) is 12.2. The summed E-state index contributed by atoms with van der Waals surface area (Å²) in [6.07, 6.45) is 1.12. The minimum absolute atomic E-state index is 0.0268. The molecule has 2 aromatic carbocycles. The summed E-state index contributed by atoms with van der Waals surface area (Å²) in [4.78, 5) is 10.9. The number of ether oxygens (including phenoxy) is 3. The van der Waals surface area contributed by atoms with E-state index in [0.717, 1.165) is 22.6 Å². The molecule has 0 unspecified atom stereocenters. The number of aliphatic hydroxyl groups is 1. The van der Waals surface area contributed by atoms with Crippen molar-refractivity contribution in [1.82, 2.24) is 0 Å². The third kappa shape index (κ3) is 4.23. The molecule has 0 heterocycles. The minimum Gasteiger partial charge on any atom is -0.491 e. The van der Waals surface area contributed by atoms with E-state index in [-0.39, 0.29) is 26.4 Å². The molecule has 22 heavy (non-hydrogen) atoms. The van der Waals surface area contributed by atoms with Crippen molar-refractivity contribution in [3.63, 3.8) is 0 Å². The number of aliphatic hydroxyl groups excluding tert-OH is 1. The van der Waals surface area contributed by atoms with Crippen molar-refractivity contribution in [3.8, 4) is 11.5 Å². The van der Waals surface area contributed by atoms with Crippen LogP contribution in [0.1, 0.15) is 0 Å². The van der Waals surface area contributed by atoms with Crippen LogP contribution in [0.25, 0.3) is 10.8 Å². The van der Waals surface area contributed by atoms with E-state index in [1.165, 1.54) is 0 Å². The van der Waals surface area contributed by atoms with Gasteiger partial charge in [-0.1, -0.05) is 18.7 Å². The number of esters is 1. The summed E-state index contributed by atoms with van der Waals surface area (Å²) in [6, 6.07) is 11.3. The van der Waals surface area contributed by atoms with Crippen molar-refractivity contribution in [1.29, 1.82) is 0 Å². The molecule has 1 N–H and O–H groups in total. The van der Waals surface area contributed by atoms with E-state index in [1.54, 1.807) is 0 Å². The molecular weight excluding hydrogens is 284 g/mol. The lowest BCUT2D eigenvalue weighted by atomic mass is 10.1. The van der Waals surface area contributed by atoms with Gasteiger partial charge in [-0.05, 0) is 29.7 Å². The Bertz CT molecular complexity index is 651. The van der Waals surface area contributed by atoms with Crippen LogP contribution in [0.3, 0.4) is 0 Å². The molecule has 0 fully saturated rings. The molecule has 5 heteroatoms. The maximum absolute atomic E-state index is 10.9. The fraction of sp³-hybridized carbons (Fsp3) is 0.235. The van der Waals surface area contributed by atoms with Crippen LogP contribution in [0.15, 0.2) is 49.1 Å². The highest BCUT2D eigenvalue weighted by molar-refractivity contribution is 5.89.